The van der Waals surface area contributed by atoms with Crippen molar-refractivity contribution in [2.75, 3.05) is 7.11 Å². The van der Waals surface area contributed by atoms with Crippen LogP contribution < -0.4 is 0 Å². The maximum atomic E-state index is 13.8. The van der Waals surface area contributed by atoms with Crippen molar-refractivity contribution >= 4 is 5.97 Å². The molecule has 0 aromatic heterocycles. The normalized spacial score (nSPS) is 9.90. The van der Waals surface area contributed by atoms with E-state index in [2.05, 4.69) is 4.74 Å². The minimum Gasteiger partial charge on any atom is -0.465 e. The highest BCUT2D eigenvalue weighted by atomic mass is 19.1. The SMILES string of the molecule is COC(=O)c1c(F)cccc1-c1ccc(C#N)c(F)c1. The first-order chi connectivity index (χ1) is 9.58. The fraction of sp³-hybridized carbons (Fsp3) is 0.0667. The van der Waals surface area contributed by atoms with E-state index in [4.69, 9.17) is 5.26 Å². The largest absolute Gasteiger partial charge is 0.465 e. The highest BCUT2D eigenvalue weighted by molar-refractivity contribution is 5.97. The lowest BCUT2D eigenvalue weighted by Gasteiger charge is -2.09. The van der Waals surface area contributed by atoms with Gasteiger partial charge in [-0.25, -0.2) is 13.6 Å². The number of rotatable bonds is 2. The summed E-state index contributed by atoms with van der Waals surface area (Å²) in [5, 5.41) is 8.68. The number of hydrogen-bond donors (Lipinski definition) is 0. The van der Waals surface area contributed by atoms with Crippen molar-refractivity contribution in [1.29, 1.82) is 5.26 Å². The van der Waals surface area contributed by atoms with Crippen LogP contribution in [0.15, 0.2) is 36.4 Å². The van der Waals surface area contributed by atoms with E-state index >= 15 is 0 Å². The summed E-state index contributed by atoms with van der Waals surface area (Å²) in [4.78, 5) is 11.6. The second-order valence-corrected chi connectivity index (χ2v) is 3.96. The van der Waals surface area contributed by atoms with Crippen LogP contribution in [0.2, 0.25) is 0 Å². The van der Waals surface area contributed by atoms with Crippen molar-refractivity contribution in [2.24, 2.45) is 0 Å². The summed E-state index contributed by atoms with van der Waals surface area (Å²) >= 11 is 0. The highest BCUT2D eigenvalue weighted by Crippen LogP contribution is 2.27. The lowest BCUT2D eigenvalue weighted by atomic mass is 9.98. The molecule has 0 bridgehead atoms. The minimum atomic E-state index is -0.845. The van der Waals surface area contributed by atoms with Crippen molar-refractivity contribution in [3.8, 4) is 17.2 Å². The Bertz CT molecular complexity index is 720. The molecule has 0 aliphatic rings. The molecule has 3 nitrogen and oxygen atoms in total. The summed E-state index contributed by atoms with van der Waals surface area (Å²) in [6.45, 7) is 0. The zero-order chi connectivity index (χ0) is 14.7. The Kier molecular flexibility index (Phi) is 3.76. The van der Waals surface area contributed by atoms with Gasteiger partial charge in [-0.3, -0.25) is 0 Å². The molecule has 0 aliphatic carbocycles. The lowest BCUT2D eigenvalue weighted by Crippen LogP contribution is -2.06. The fourth-order valence-electron chi connectivity index (χ4n) is 1.85. The van der Waals surface area contributed by atoms with Crippen molar-refractivity contribution in [1.82, 2.24) is 0 Å². The summed E-state index contributed by atoms with van der Waals surface area (Å²) in [6, 6.07) is 9.51. The van der Waals surface area contributed by atoms with E-state index in [0.717, 1.165) is 19.2 Å². The fourth-order valence-corrected chi connectivity index (χ4v) is 1.85. The quantitative estimate of drug-likeness (QED) is 0.789. The molecule has 0 atom stereocenters. The zero-order valence-electron chi connectivity index (χ0n) is 10.5. The van der Waals surface area contributed by atoms with Gasteiger partial charge in [-0.1, -0.05) is 18.2 Å². The van der Waals surface area contributed by atoms with Gasteiger partial charge >= 0.3 is 5.97 Å². The van der Waals surface area contributed by atoms with E-state index in [0.29, 0.717) is 5.56 Å². The number of ether oxygens (including phenoxy) is 1. The second kappa shape index (κ2) is 5.49. The van der Waals surface area contributed by atoms with Gasteiger partial charge in [0.05, 0.1) is 12.7 Å². The monoisotopic (exact) mass is 273 g/mol. The summed E-state index contributed by atoms with van der Waals surface area (Å²) in [7, 11) is 1.14. The Morgan fingerprint density at radius 1 is 1.20 bits per heavy atom. The molecule has 5 heteroatoms. The second-order valence-electron chi connectivity index (χ2n) is 3.96. The van der Waals surface area contributed by atoms with E-state index in [1.165, 1.54) is 24.3 Å². The number of carbonyl (C=O) groups excluding carboxylic acids is 1. The molecule has 0 heterocycles. The van der Waals surface area contributed by atoms with Gasteiger partial charge in [-0.2, -0.15) is 5.26 Å². The van der Waals surface area contributed by atoms with E-state index in [1.54, 1.807) is 6.07 Å². The van der Waals surface area contributed by atoms with Crippen LogP contribution in [-0.4, -0.2) is 13.1 Å². The molecular formula is C15H9F2NO2. The molecule has 0 N–H and O–H groups in total. The molecule has 100 valence electrons. The first kappa shape index (κ1) is 13.7. The predicted octanol–water partition coefficient (Wildman–Crippen LogP) is 3.29. The van der Waals surface area contributed by atoms with Crippen molar-refractivity contribution in [2.45, 2.75) is 0 Å². The highest BCUT2D eigenvalue weighted by Gasteiger charge is 2.19. The van der Waals surface area contributed by atoms with E-state index in [-0.39, 0.29) is 16.7 Å². The van der Waals surface area contributed by atoms with E-state index < -0.39 is 17.6 Å². The average Bonchev–Trinajstić information content (AvgIpc) is 2.46. The van der Waals surface area contributed by atoms with Crippen LogP contribution in [0, 0.1) is 23.0 Å². The van der Waals surface area contributed by atoms with Crippen LogP contribution in [0.4, 0.5) is 8.78 Å². The number of esters is 1. The van der Waals surface area contributed by atoms with Gasteiger partial charge in [0.25, 0.3) is 0 Å². The van der Waals surface area contributed by atoms with Crippen LogP contribution >= 0.6 is 0 Å². The number of nitrogens with zero attached hydrogens (tertiary/aromatic N) is 1. The number of benzene rings is 2. The van der Waals surface area contributed by atoms with E-state index in [9.17, 15) is 13.6 Å². The smallest absolute Gasteiger partial charge is 0.341 e. The van der Waals surface area contributed by atoms with Gasteiger partial charge in [0.15, 0.2) is 0 Å². The summed E-state index contributed by atoms with van der Waals surface area (Å²) in [5.74, 6) is -2.33. The third kappa shape index (κ3) is 2.36. The van der Waals surface area contributed by atoms with Crippen LogP contribution in [0.25, 0.3) is 11.1 Å². The molecule has 0 unspecified atom stereocenters. The summed E-state index contributed by atoms with van der Waals surface area (Å²) < 4.78 is 31.9. The Balaban J connectivity index is 2.64. The molecule has 20 heavy (non-hydrogen) atoms. The number of carbonyl (C=O) groups is 1. The third-order valence-corrected chi connectivity index (χ3v) is 2.80. The first-order valence-corrected chi connectivity index (χ1v) is 5.65. The molecule has 0 fully saturated rings. The third-order valence-electron chi connectivity index (χ3n) is 2.80. The predicted molar refractivity (Wildman–Crippen MR) is 67.8 cm³/mol. The Morgan fingerprint density at radius 2 is 1.95 bits per heavy atom. The molecule has 0 radical (unpaired) electrons. The number of methoxy groups -OCH3 is 1. The van der Waals surface area contributed by atoms with Crippen LogP contribution in [0.5, 0.6) is 0 Å². The molecular weight excluding hydrogens is 264 g/mol. The summed E-state index contributed by atoms with van der Waals surface area (Å²) in [6.07, 6.45) is 0. The van der Waals surface area contributed by atoms with Crippen LogP contribution in [0.3, 0.4) is 0 Å². The molecule has 2 rings (SSSR count). The van der Waals surface area contributed by atoms with Crippen molar-refractivity contribution < 1.29 is 18.3 Å². The molecule has 2 aromatic rings. The van der Waals surface area contributed by atoms with Gasteiger partial charge in [0.1, 0.15) is 23.3 Å². The number of halogens is 2. The number of nitriles is 1. The van der Waals surface area contributed by atoms with Crippen molar-refractivity contribution in [3.05, 3.63) is 59.2 Å². The molecule has 0 aliphatic heterocycles. The molecule has 2 aromatic carbocycles. The van der Waals surface area contributed by atoms with Gasteiger partial charge in [0, 0.05) is 0 Å². The van der Waals surface area contributed by atoms with Gasteiger partial charge < -0.3 is 4.74 Å². The zero-order valence-corrected chi connectivity index (χ0v) is 10.5. The molecule has 0 amide bonds. The standard InChI is InChI=1S/C15H9F2NO2/c1-20-15(19)14-11(3-2-4-12(14)16)9-5-6-10(8-18)13(17)7-9/h2-7H,1H3. The Hall–Kier alpha value is -2.74. The molecule has 0 saturated carbocycles. The molecule has 0 saturated heterocycles. The number of hydrogen-bond acceptors (Lipinski definition) is 3. The Morgan fingerprint density at radius 3 is 2.55 bits per heavy atom. The van der Waals surface area contributed by atoms with Crippen LogP contribution in [-0.2, 0) is 4.74 Å². The maximum Gasteiger partial charge on any atom is 0.341 e. The average molecular weight is 273 g/mol. The van der Waals surface area contributed by atoms with Crippen molar-refractivity contribution in [3.63, 3.8) is 0 Å². The minimum absolute atomic E-state index is 0.121. The van der Waals surface area contributed by atoms with E-state index in [1.807, 2.05) is 0 Å². The van der Waals surface area contributed by atoms with Gasteiger partial charge in [-0.15, -0.1) is 0 Å². The van der Waals surface area contributed by atoms with Gasteiger partial charge in [-0.05, 0) is 29.3 Å². The van der Waals surface area contributed by atoms with Crippen LogP contribution in [0.1, 0.15) is 15.9 Å². The maximum absolute atomic E-state index is 13.8. The topological polar surface area (TPSA) is 50.1 Å². The first-order valence-electron chi connectivity index (χ1n) is 5.65. The Labute approximate surface area is 114 Å². The lowest BCUT2D eigenvalue weighted by molar-refractivity contribution is 0.0596. The van der Waals surface area contributed by atoms with Gasteiger partial charge in [0.2, 0.25) is 0 Å². The molecule has 0 spiro atoms. The summed E-state index contributed by atoms with van der Waals surface area (Å²) in [5.41, 5.74) is 0.116.